The van der Waals surface area contributed by atoms with Crippen LogP contribution in [-0.2, 0) is 0 Å². The Bertz CT molecular complexity index is 437. The second-order valence-corrected chi connectivity index (χ2v) is 4.99. The lowest BCUT2D eigenvalue weighted by molar-refractivity contribution is 0.0697. The molecular weight excluding hydrogens is 228 g/mol. The van der Waals surface area contributed by atoms with Gasteiger partial charge >= 0.3 is 5.97 Å². The SMILES string of the molecule is CCC1CCN(c2cc(C)ncc2C(=O)O)CC1. The average Bonchev–Trinajstić information content (AvgIpc) is 2.38. The van der Waals surface area contributed by atoms with Crippen LogP contribution in [0.15, 0.2) is 12.3 Å². The zero-order chi connectivity index (χ0) is 13.1. The Balaban J connectivity index is 2.22. The maximum atomic E-state index is 11.2. The van der Waals surface area contributed by atoms with Crippen LogP contribution in [0.5, 0.6) is 0 Å². The highest BCUT2D eigenvalue weighted by atomic mass is 16.4. The van der Waals surface area contributed by atoms with Crippen molar-refractivity contribution >= 4 is 11.7 Å². The zero-order valence-electron chi connectivity index (χ0n) is 11.0. The lowest BCUT2D eigenvalue weighted by Crippen LogP contribution is -2.34. The molecule has 98 valence electrons. The molecule has 0 spiro atoms. The molecule has 2 heterocycles. The summed E-state index contributed by atoms with van der Waals surface area (Å²) in [5.74, 6) is -0.104. The van der Waals surface area contributed by atoms with Crippen molar-refractivity contribution in [3.63, 3.8) is 0 Å². The van der Waals surface area contributed by atoms with Crippen molar-refractivity contribution in [3.05, 3.63) is 23.5 Å². The maximum Gasteiger partial charge on any atom is 0.339 e. The van der Waals surface area contributed by atoms with Gasteiger partial charge in [-0.2, -0.15) is 0 Å². The molecule has 0 bridgehead atoms. The van der Waals surface area contributed by atoms with E-state index in [9.17, 15) is 9.90 Å². The fourth-order valence-electron chi connectivity index (χ4n) is 2.55. The highest BCUT2D eigenvalue weighted by molar-refractivity contribution is 5.94. The molecule has 1 saturated heterocycles. The number of hydrogen-bond acceptors (Lipinski definition) is 3. The van der Waals surface area contributed by atoms with Crippen LogP contribution < -0.4 is 4.90 Å². The molecule has 4 heteroatoms. The first kappa shape index (κ1) is 12.9. The third-order valence-electron chi connectivity index (χ3n) is 3.78. The fraction of sp³-hybridized carbons (Fsp3) is 0.571. The van der Waals surface area contributed by atoms with Gasteiger partial charge in [0.05, 0.1) is 5.69 Å². The van der Waals surface area contributed by atoms with Crippen LogP contribution >= 0.6 is 0 Å². The predicted octanol–water partition coefficient (Wildman–Crippen LogP) is 2.71. The van der Waals surface area contributed by atoms with E-state index in [1.165, 1.54) is 12.6 Å². The molecular formula is C14H20N2O2. The smallest absolute Gasteiger partial charge is 0.339 e. The topological polar surface area (TPSA) is 53.4 Å². The van der Waals surface area contributed by atoms with Gasteiger partial charge in [-0.25, -0.2) is 4.79 Å². The molecule has 1 fully saturated rings. The normalized spacial score (nSPS) is 16.9. The third kappa shape index (κ3) is 2.63. The summed E-state index contributed by atoms with van der Waals surface area (Å²) in [6.45, 7) is 6.01. The number of piperidine rings is 1. The number of anilines is 1. The molecule has 1 aromatic heterocycles. The van der Waals surface area contributed by atoms with Gasteiger partial charge in [-0.1, -0.05) is 13.3 Å². The van der Waals surface area contributed by atoms with Crippen molar-refractivity contribution in [2.45, 2.75) is 33.1 Å². The van der Waals surface area contributed by atoms with Gasteiger partial charge in [-0.15, -0.1) is 0 Å². The van der Waals surface area contributed by atoms with Crippen LogP contribution in [0.4, 0.5) is 5.69 Å². The summed E-state index contributed by atoms with van der Waals surface area (Å²) in [4.78, 5) is 17.5. The number of pyridine rings is 1. The zero-order valence-corrected chi connectivity index (χ0v) is 11.0. The molecule has 2 rings (SSSR count). The molecule has 1 N–H and O–H groups in total. The molecule has 0 saturated carbocycles. The number of nitrogens with zero attached hydrogens (tertiary/aromatic N) is 2. The molecule has 18 heavy (non-hydrogen) atoms. The van der Waals surface area contributed by atoms with Crippen LogP contribution in [0.3, 0.4) is 0 Å². The molecule has 4 nitrogen and oxygen atoms in total. The van der Waals surface area contributed by atoms with Crippen LogP contribution in [-0.4, -0.2) is 29.1 Å². The van der Waals surface area contributed by atoms with Crippen molar-refractivity contribution in [2.24, 2.45) is 5.92 Å². The van der Waals surface area contributed by atoms with Crippen molar-refractivity contribution < 1.29 is 9.90 Å². The van der Waals surface area contributed by atoms with Crippen LogP contribution in [0, 0.1) is 12.8 Å². The summed E-state index contributed by atoms with van der Waals surface area (Å²) < 4.78 is 0. The summed E-state index contributed by atoms with van der Waals surface area (Å²) in [6.07, 6.45) is 4.99. The number of aromatic nitrogens is 1. The van der Waals surface area contributed by atoms with Crippen LogP contribution in [0.25, 0.3) is 0 Å². The van der Waals surface area contributed by atoms with E-state index in [0.29, 0.717) is 5.56 Å². The molecule has 0 amide bonds. The number of carboxylic acid groups (broad SMARTS) is 1. The summed E-state index contributed by atoms with van der Waals surface area (Å²) in [6, 6.07) is 1.88. The molecule has 0 aromatic carbocycles. The highest BCUT2D eigenvalue weighted by Crippen LogP contribution is 2.27. The lowest BCUT2D eigenvalue weighted by atomic mass is 9.94. The third-order valence-corrected chi connectivity index (χ3v) is 3.78. The second-order valence-electron chi connectivity index (χ2n) is 4.99. The van der Waals surface area contributed by atoms with E-state index < -0.39 is 5.97 Å². The Kier molecular flexibility index (Phi) is 3.84. The van der Waals surface area contributed by atoms with Crippen molar-refractivity contribution in [2.75, 3.05) is 18.0 Å². The van der Waals surface area contributed by atoms with E-state index in [1.807, 2.05) is 13.0 Å². The molecule has 0 unspecified atom stereocenters. The minimum atomic E-state index is -0.893. The molecule has 1 aromatic rings. The number of carbonyl (C=O) groups is 1. The van der Waals surface area contributed by atoms with E-state index in [4.69, 9.17) is 0 Å². The minimum Gasteiger partial charge on any atom is -0.478 e. The van der Waals surface area contributed by atoms with Gasteiger partial charge in [-0.05, 0) is 31.7 Å². The van der Waals surface area contributed by atoms with E-state index >= 15 is 0 Å². The van der Waals surface area contributed by atoms with Gasteiger partial charge in [-0.3, -0.25) is 4.98 Å². The van der Waals surface area contributed by atoms with E-state index in [-0.39, 0.29) is 0 Å². The van der Waals surface area contributed by atoms with Crippen LogP contribution in [0.1, 0.15) is 42.2 Å². The van der Waals surface area contributed by atoms with Gasteiger partial charge in [0.2, 0.25) is 0 Å². The Morgan fingerprint density at radius 3 is 2.72 bits per heavy atom. The summed E-state index contributed by atoms with van der Waals surface area (Å²) in [5, 5.41) is 9.22. The molecule has 0 radical (unpaired) electrons. The van der Waals surface area contributed by atoms with Crippen molar-refractivity contribution in [3.8, 4) is 0 Å². The second kappa shape index (κ2) is 5.38. The van der Waals surface area contributed by atoms with Gasteiger partial charge in [0.15, 0.2) is 0 Å². The van der Waals surface area contributed by atoms with E-state index in [2.05, 4.69) is 16.8 Å². The lowest BCUT2D eigenvalue weighted by Gasteiger charge is -2.34. The maximum absolute atomic E-state index is 11.2. The predicted molar refractivity (Wildman–Crippen MR) is 71.2 cm³/mol. The molecule has 1 aliphatic rings. The van der Waals surface area contributed by atoms with Gasteiger partial charge < -0.3 is 10.0 Å². The average molecular weight is 248 g/mol. The first-order chi connectivity index (χ1) is 8.61. The van der Waals surface area contributed by atoms with Crippen LogP contribution in [0.2, 0.25) is 0 Å². The molecule has 0 aliphatic carbocycles. The number of carboxylic acids is 1. The molecule has 1 aliphatic heterocycles. The first-order valence-corrected chi connectivity index (χ1v) is 6.56. The van der Waals surface area contributed by atoms with E-state index in [1.54, 1.807) is 0 Å². The summed E-state index contributed by atoms with van der Waals surface area (Å²) in [5.41, 5.74) is 2.01. The minimum absolute atomic E-state index is 0.315. The number of hydrogen-bond donors (Lipinski definition) is 1. The Morgan fingerprint density at radius 2 is 2.17 bits per heavy atom. The first-order valence-electron chi connectivity index (χ1n) is 6.56. The monoisotopic (exact) mass is 248 g/mol. The van der Waals surface area contributed by atoms with Crippen molar-refractivity contribution in [1.82, 2.24) is 4.98 Å². The molecule has 0 atom stereocenters. The fourth-order valence-corrected chi connectivity index (χ4v) is 2.55. The summed E-state index contributed by atoms with van der Waals surface area (Å²) >= 11 is 0. The van der Waals surface area contributed by atoms with Gasteiger partial charge in [0, 0.05) is 25.0 Å². The van der Waals surface area contributed by atoms with Crippen molar-refractivity contribution in [1.29, 1.82) is 0 Å². The summed E-state index contributed by atoms with van der Waals surface area (Å²) in [7, 11) is 0. The van der Waals surface area contributed by atoms with Gasteiger partial charge in [0.25, 0.3) is 0 Å². The Morgan fingerprint density at radius 1 is 1.50 bits per heavy atom. The van der Waals surface area contributed by atoms with E-state index in [0.717, 1.165) is 43.2 Å². The number of aromatic carboxylic acids is 1. The largest absolute Gasteiger partial charge is 0.478 e. The van der Waals surface area contributed by atoms with Gasteiger partial charge in [0.1, 0.15) is 5.56 Å². The highest BCUT2D eigenvalue weighted by Gasteiger charge is 2.22. The number of rotatable bonds is 3. The Labute approximate surface area is 108 Å². The number of aryl methyl sites for hydroxylation is 1. The standard InChI is InChI=1S/C14H20N2O2/c1-3-11-4-6-16(7-5-11)13-8-10(2)15-9-12(13)14(17)18/h8-9,11H,3-7H2,1-2H3,(H,17,18). The quantitative estimate of drug-likeness (QED) is 0.893. The Hall–Kier alpha value is -1.58.